The largest absolute Gasteiger partial charge is 0.506 e. The van der Waals surface area contributed by atoms with Crippen LogP contribution in [0.4, 0.5) is 5.69 Å². The molecule has 0 aromatic heterocycles. The van der Waals surface area contributed by atoms with Gasteiger partial charge in [0.1, 0.15) is 5.75 Å². The number of rotatable bonds is 5. The lowest BCUT2D eigenvalue weighted by atomic mass is 10.2. The Morgan fingerprint density at radius 2 is 2.14 bits per heavy atom. The topological polar surface area (TPSA) is 57.0 Å². The number of amides is 1. The van der Waals surface area contributed by atoms with Crippen molar-refractivity contribution in [1.29, 1.82) is 0 Å². The lowest BCUT2D eigenvalue weighted by molar-refractivity contribution is -0.914. The van der Waals surface area contributed by atoms with Crippen LogP contribution in [0.15, 0.2) is 36.9 Å². The highest BCUT2D eigenvalue weighted by Gasteiger charge is 2.29. The van der Waals surface area contributed by atoms with Crippen molar-refractivity contribution in [3.8, 4) is 5.75 Å². The zero-order valence-electron chi connectivity index (χ0n) is 12.5. The predicted octanol–water partition coefficient (Wildman–Crippen LogP) is -0.212. The van der Waals surface area contributed by atoms with Crippen LogP contribution >= 0.6 is 0 Å². The number of carbonyl (C=O) groups is 1. The van der Waals surface area contributed by atoms with Crippen LogP contribution in [-0.4, -0.2) is 49.8 Å². The van der Waals surface area contributed by atoms with Crippen LogP contribution in [0.1, 0.15) is 6.92 Å². The maximum atomic E-state index is 12.0. The maximum absolute atomic E-state index is 12.0. The Morgan fingerprint density at radius 1 is 1.48 bits per heavy atom. The molecule has 114 valence electrons. The summed E-state index contributed by atoms with van der Waals surface area (Å²) in [6.45, 7) is 9.53. The summed E-state index contributed by atoms with van der Waals surface area (Å²) in [6, 6.07) is 7.34. The molecule has 1 heterocycles. The van der Waals surface area contributed by atoms with Crippen LogP contribution in [0, 0.1) is 0 Å². The van der Waals surface area contributed by atoms with Crippen molar-refractivity contribution in [3.05, 3.63) is 36.9 Å². The first kappa shape index (κ1) is 15.4. The summed E-state index contributed by atoms with van der Waals surface area (Å²) in [7, 11) is 0. The van der Waals surface area contributed by atoms with E-state index >= 15 is 0 Å². The van der Waals surface area contributed by atoms with Crippen LogP contribution in [0.25, 0.3) is 0 Å². The summed E-state index contributed by atoms with van der Waals surface area (Å²) in [5.41, 5.74) is 0.875. The molecule has 21 heavy (non-hydrogen) atoms. The van der Waals surface area contributed by atoms with Gasteiger partial charge in [-0.25, -0.2) is 0 Å². The fourth-order valence-corrected chi connectivity index (χ4v) is 2.71. The summed E-state index contributed by atoms with van der Waals surface area (Å²) in [4.78, 5) is 15.4. The van der Waals surface area contributed by atoms with Gasteiger partial charge in [-0.1, -0.05) is 18.2 Å². The van der Waals surface area contributed by atoms with E-state index in [2.05, 4.69) is 16.8 Å². The maximum Gasteiger partial charge on any atom is 0.278 e. The van der Waals surface area contributed by atoms with Gasteiger partial charge >= 0.3 is 0 Å². The van der Waals surface area contributed by atoms with E-state index in [1.165, 1.54) is 4.90 Å². The lowest BCUT2D eigenvalue weighted by Crippen LogP contribution is -3.19. The molecule has 0 unspecified atom stereocenters. The van der Waals surface area contributed by atoms with Crippen molar-refractivity contribution < 1.29 is 14.8 Å². The Balaban J connectivity index is 1.90. The van der Waals surface area contributed by atoms with Gasteiger partial charge in [0.2, 0.25) is 0 Å². The summed E-state index contributed by atoms with van der Waals surface area (Å²) in [6.07, 6.45) is 1.69. The van der Waals surface area contributed by atoms with Crippen molar-refractivity contribution in [1.82, 2.24) is 5.32 Å². The number of quaternary nitrogens is 1. The minimum absolute atomic E-state index is 0.0588. The fraction of sp³-hybridized carbons (Fsp3) is 0.438. The fourth-order valence-electron chi connectivity index (χ4n) is 2.71. The SMILES string of the molecule is C=CCNC(=O)[C@H](C)[NH+]1CCN(c2ccccc2O)CC1. The summed E-state index contributed by atoms with van der Waals surface area (Å²) < 4.78 is 0. The number of aromatic hydroxyl groups is 1. The third-order valence-electron chi connectivity index (χ3n) is 4.05. The Morgan fingerprint density at radius 3 is 2.76 bits per heavy atom. The van der Waals surface area contributed by atoms with E-state index in [-0.39, 0.29) is 11.9 Å². The molecule has 1 saturated heterocycles. The zero-order valence-corrected chi connectivity index (χ0v) is 12.5. The van der Waals surface area contributed by atoms with Crippen LogP contribution in [0.5, 0.6) is 5.75 Å². The number of para-hydroxylation sites is 2. The molecule has 0 radical (unpaired) electrons. The second-order valence-corrected chi connectivity index (χ2v) is 5.39. The molecule has 5 heteroatoms. The molecule has 0 spiro atoms. The third kappa shape index (κ3) is 3.76. The molecule has 0 bridgehead atoms. The second kappa shape index (κ2) is 7.13. The number of benzene rings is 1. The average molecular weight is 290 g/mol. The molecule has 1 amide bonds. The normalized spacial score (nSPS) is 17.3. The van der Waals surface area contributed by atoms with Gasteiger partial charge in [-0.15, -0.1) is 6.58 Å². The number of carbonyl (C=O) groups excluding carboxylic acids is 1. The van der Waals surface area contributed by atoms with E-state index in [1.54, 1.807) is 12.1 Å². The highest BCUT2D eigenvalue weighted by atomic mass is 16.3. The molecule has 1 aromatic rings. The van der Waals surface area contributed by atoms with Gasteiger partial charge in [0.05, 0.1) is 31.9 Å². The van der Waals surface area contributed by atoms with Gasteiger partial charge in [-0.3, -0.25) is 4.79 Å². The molecule has 3 N–H and O–H groups in total. The van der Waals surface area contributed by atoms with E-state index < -0.39 is 0 Å². The van der Waals surface area contributed by atoms with Gasteiger partial charge in [0.25, 0.3) is 5.91 Å². The lowest BCUT2D eigenvalue weighted by Gasteiger charge is -2.36. The first-order chi connectivity index (χ1) is 10.1. The number of anilines is 1. The summed E-state index contributed by atoms with van der Waals surface area (Å²) in [5.74, 6) is 0.388. The van der Waals surface area contributed by atoms with E-state index in [1.807, 2.05) is 25.1 Å². The van der Waals surface area contributed by atoms with E-state index in [0.29, 0.717) is 12.3 Å². The van der Waals surface area contributed by atoms with E-state index in [4.69, 9.17) is 0 Å². The third-order valence-corrected chi connectivity index (χ3v) is 4.05. The smallest absolute Gasteiger partial charge is 0.278 e. The number of piperazine rings is 1. The molecular weight excluding hydrogens is 266 g/mol. The number of phenolic OH excluding ortho intramolecular Hbond substituents is 1. The zero-order chi connectivity index (χ0) is 15.2. The molecule has 1 fully saturated rings. The molecule has 1 aliphatic heterocycles. The van der Waals surface area contributed by atoms with Crippen molar-refractivity contribution >= 4 is 11.6 Å². The summed E-state index contributed by atoms with van der Waals surface area (Å²) >= 11 is 0. The van der Waals surface area contributed by atoms with Crippen LogP contribution < -0.4 is 15.1 Å². The van der Waals surface area contributed by atoms with Crippen molar-refractivity contribution in [2.75, 3.05) is 37.6 Å². The second-order valence-electron chi connectivity index (χ2n) is 5.39. The van der Waals surface area contributed by atoms with Crippen LogP contribution in [-0.2, 0) is 4.79 Å². The Bertz CT molecular complexity index is 496. The number of nitrogens with one attached hydrogen (secondary N) is 2. The average Bonchev–Trinajstić information content (AvgIpc) is 2.52. The molecule has 1 aliphatic rings. The predicted molar refractivity (Wildman–Crippen MR) is 83.7 cm³/mol. The number of hydrogen-bond donors (Lipinski definition) is 3. The van der Waals surface area contributed by atoms with Crippen molar-refractivity contribution in [2.45, 2.75) is 13.0 Å². The molecule has 1 atom stereocenters. The first-order valence-corrected chi connectivity index (χ1v) is 7.39. The van der Waals surface area contributed by atoms with Gasteiger partial charge in [0.15, 0.2) is 6.04 Å². The first-order valence-electron chi connectivity index (χ1n) is 7.39. The highest BCUT2D eigenvalue weighted by molar-refractivity contribution is 5.80. The Kier molecular flexibility index (Phi) is 5.22. The monoisotopic (exact) mass is 290 g/mol. The van der Waals surface area contributed by atoms with Gasteiger partial charge in [-0.2, -0.15) is 0 Å². The van der Waals surface area contributed by atoms with E-state index in [9.17, 15) is 9.90 Å². The molecule has 0 saturated carbocycles. The van der Waals surface area contributed by atoms with E-state index in [0.717, 1.165) is 31.9 Å². The quantitative estimate of drug-likeness (QED) is 0.658. The molecule has 2 rings (SSSR count). The minimum atomic E-state index is -0.0588. The number of nitrogens with zero attached hydrogens (tertiary/aromatic N) is 1. The number of hydrogen-bond acceptors (Lipinski definition) is 3. The molecule has 5 nitrogen and oxygen atoms in total. The standard InChI is InChI=1S/C16H23N3O2/c1-3-8-17-16(21)13(2)18-9-11-19(12-10-18)14-6-4-5-7-15(14)20/h3-7,13,20H,1,8-12H2,2H3,(H,17,21)/p+1/t13-/m0/s1. The highest BCUT2D eigenvalue weighted by Crippen LogP contribution is 2.25. The Hall–Kier alpha value is -2.01. The molecule has 1 aromatic carbocycles. The van der Waals surface area contributed by atoms with Gasteiger partial charge < -0.3 is 20.2 Å². The number of phenols is 1. The van der Waals surface area contributed by atoms with Crippen molar-refractivity contribution in [2.24, 2.45) is 0 Å². The van der Waals surface area contributed by atoms with Gasteiger partial charge in [-0.05, 0) is 19.1 Å². The van der Waals surface area contributed by atoms with Gasteiger partial charge in [0, 0.05) is 6.54 Å². The molecular formula is C16H24N3O2+. The Labute approximate surface area is 125 Å². The molecule has 0 aliphatic carbocycles. The van der Waals surface area contributed by atoms with Crippen LogP contribution in [0.3, 0.4) is 0 Å². The summed E-state index contributed by atoms with van der Waals surface area (Å²) in [5, 5.41) is 12.8. The van der Waals surface area contributed by atoms with Crippen LogP contribution in [0.2, 0.25) is 0 Å². The minimum Gasteiger partial charge on any atom is -0.506 e. The van der Waals surface area contributed by atoms with Crippen molar-refractivity contribution in [3.63, 3.8) is 0 Å².